The van der Waals surface area contributed by atoms with Gasteiger partial charge in [0, 0.05) is 22.0 Å². The quantitative estimate of drug-likeness (QED) is 0.693. The van der Waals surface area contributed by atoms with E-state index >= 15 is 0 Å². The monoisotopic (exact) mass is 367 g/mol. The molecule has 1 aromatic heterocycles. The minimum Gasteiger partial charge on any atom is -0.340 e. The number of nitrogens with one attached hydrogen (secondary N) is 2. The first-order valence-electron chi connectivity index (χ1n) is 7.06. The van der Waals surface area contributed by atoms with Crippen molar-refractivity contribution in [3.8, 4) is 0 Å². The van der Waals surface area contributed by atoms with Crippen LogP contribution in [0.5, 0.6) is 0 Å². The van der Waals surface area contributed by atoms with Crippen LogP contribution in [0.15, 0.2) is 77.4 Å². The van der Waals surface area contributed by atoms with Crippen molar-refractivity contribution < 1.29 is 4.79 Å². The molecule has 2 aromatic carbocycles. The van der Waals surface area contributed by atoms with Gasteiger partial charge in [0.25, 0.3) is 5.91 Å². The van der Waals surface area contributed by atoms with Crippen molar-refractivity contribution in [2.75, 3.05) is 10.6 Å². The summed E-state index contributed by atoms with van der Waals surface area (Å²) in [6.45, 7) is 0. The van der Waals surface area contributed by atoms with Gasteiger partial charge in [-0.25, -0.2) is 4.98 Å². The molecule has 0 aliphatic heterocycles. The minimum absolute atomic E-state index is 0.209. The Kier molecular flexibility index (Phi) is 4.68. The standard InChI is InChI=1S/C18H14BrN3O/c19-13-8-10-15(11-9-13)22-18(23)16-7-4-12-20-17(16)21-14-5-2-1-3-6-14/h1-12H,(H,20,21)(H,22,23). The molecule has 0 fully saturated rings. The van der Waals surface area contributed by atoms with Crippen molar-refractivity contribution in [1.29, 1.82) is 0 Å². The van der Waals surface area contributed by atoms with Crippen LogP contribution in [0, 0.1) is 0 Å². The average Bonchev–Trinajstić information content (AvgIpc) is 2.58. The first-order chi connectivity index (χ1) is 11.2. The fourth-order valence-electron chi connectivity index (χ4n) is 2.08. The smallest absolute Gasteiger partial charge is 0.259 e. The van der Waals surface area contributed by atoms with Gasteiger partial charge in [0.15, 0.2) is 0 Å². The maximum absolute atomic E-state index is 12.5. The van der Waals surface area contributed by atoms with E-state index in [1.165, 1.54) is 0 Å². The van der Waals surface area contributed by atoms with Crippen LogP contribution >= 0.6 is 15.9 Å². The van der Waals surface area contributed by atoms with Crippen molar-refractivity contribution in [1.82, 2.24) is 4.98 Å². The van der Waals surface area contributed by atoms with Crippen molar-refractivity contribution in [3.63, 3.8) is 0 Å². The normalized spacial score (nSPS) is 10.1. The number of carbonyl (C=O) groups is 1. The third kappa shape index (κ3) is 3.96. The van der Waals surface area contributed by atoms with Gasteiger partial charge in [-0.15, -0.1) is 0 Å². The third-order valence-corrected chi connectivity index (χ3v) is 3.72. The molecule has 0 bridgehead atoms. The molecule has 4 nitrogen and oxygen atoms in total. The Morgan fingerprint density at radius 3 is 2.35 bits per heavy atom. The summed E-state index contributed by atoms with van der Waals surface area (Å²) < 4.78 is 0.961. The second-order valence-electron chi connectivity index (χ2n) is 4.85. The molecule has 114 valence electrons. The molecule has 2 N–H and O–H groups in total. The highest BCUT2D eigenvalue weighted by atomic mass is 79.9. The van der Waals surface area contributed by atoms with E-state index in [4.69, 9.17) is 0 Å². The van der Waals surface area contributed by atoms with Gasteiger partial charge in [-0.05, 0) is 48.5 Å². The van der Waals surface area contributed by atoms with Crippen molar-refractivity contribution in [2.24, 2.45) is 0 Å². The second-order valence-corrected chi connectivity index (χ2v) is 5.77. The number of rotatable bonds is 4. The first-order valence-corrected chi connectivity index (χ1v) is 7.86. The molecule has 0 saturated carbocycles. The zero-order valence-corrected chi connectivity index (χ0v) is 13.7. The van der Waals surface area contributed by atoms with Crippen molar-refractivity contribution in [2.45, 2.75) is 0 Å². The summed E-state index contributed by atoms with van der Waals surface area (Å²) in [5, 5.41) is 6.04. The topological polar surface area (TPSA) is 54.0 Å². The SMILES string of the molecule is O=C(Nc1ccc(Br)cc1)c1cccnc1Nc1ccccc1. The molecule has 0 radical (unpaired) electrons. The summed E-state index contributed by atoms with van der Waals surface area (Å²) in [4.78, 5) is 16.8. The van der Waals surface area contributed by atoms with Crippen molar-refractivity contribution >= 4 is 39.0 Å². The van der Waals surface area contributed by atoms with E-state index in [1.54, 1.807) is 18.3 Å². The summed E-state index contributed by atoms with van der Waals surface area (Å²) in [7, 11) is 0. The lowest BCUT2D eigenvalue weighted by molar-refractivity contribution is 0.102. The van der Waals surface area contributed by atoms with Gasteiger partial charge in [0.2, 0.25) is 0 Å². The Labute approximate surface area is 142 Å². The summed E-state index contributed by atoms with van der Waals surface area (Å²) in [5.74, 6) is 0.312. The van der Waals surface area contributed by atoms with Crippen LogP contribution in [-0.2, 0) is 0 Å². The van der Waals surface area contributed by atoms with Crippen LogP contribution in [0.3, 0.4) is 0 Å². The molecule has 1 heterocycles. The molecule has 0 unspecified atom stereocenters. The van der Waals surface area contributed by atoms with Gasteiger partial charge in [-0.2, -0.15) is 0 Å². The van der Waals surface area contributed by atoms with Crippen LogP contribution < -0.4 is 10.6 Å². The van der Waals surface area contributed by atoms with Gasteiger partial charge in [-0.1, -0.05) is 34.1 Å². The minimum atomic E-state index is -0.209. The van der Waals surface area contributed by atoms with Gasteiger partial charge >= 0.3 is 0 Å². The summed E-state index contributed by atoms with van der Waals surface area (Å²) in [6.07, 6.45) is 1.65. The number of aromatic nitrogens is 1. The lowest BCUT2D eigenvalue weighted by atomic mass is 10.2. The molecule has 23 heavy (non-hydrogen) atoms. The van der Waals surface area contributed by atoms with Crippen LogP contribution in [0.25, 0.3) is 0 Å². The number of carbonyl (C=O) groups excluding carboxylic acids is 1. The Balaban J connectivity index is 1.82. The van der Waals surface area contributed by atoms with Crippen LogP contribution in [-0.4, -0.2) is 10.9 Å². The van der Waals surface area contributed by atoms with E-state index in [2.05, 4.69) is 31.5 Å². The number of pyridine rings is 1. The van der Waals surface area contributed by atoms with E-state index in [-0.39, 0.29) is 5.91 Å². The fraction of sp³-hybridized carbons (Fsp3) is 0. The van der Waals surface area contributed by atoms with E-state index in [9.17, 15) is 4.79 Å². The molecule has 0 spiro atoms. The molecule has 0 saturated heterocycles. The second kappa shape index (κ2) is 7.07. The Morgan fingerprint density at radius 1 is 0.870 bits per heavy atom. The zero-order chi connectivity index (χ0) is 16.1. The summed E-state index contributed by atoms with van der Waals surface area (Å²) in [6, 6.07) is 20.5. The number of amides is 1. The molecule has 5 heteroatoms. The first kappa shape index (κ1) is 15.2. The maximum atomic E-state index is 12.5. The van der Waals surface area contributed by atoms with Crippen LogP contribution in [0.1, 0.15) is 10.4 Å². The van der Waals surface area contributed by atoms with Gasteiger partial charge in [0.05, 0.1) is 5.56 Å². The zero-order valence-electron chi connectivity index (χ0n) is 12.2. The third-order valence-electron chi connectivity index (χ3n) is 3.19. The Morgan fingerprint density at radius 2 is 1.61 bits per heavy atom. The number of para-hydroxylation sites is 1. The number of anilines is 3. The predicted molar refractivity (Wildman–Crippen MR) is 96.1 cm³/mol. The van der Waals surface area contributed by atoms with E-state index in [0.717, 1.165) is 15.8 Å². The maximum Gasteiger partial charge on any atom is 0.259 e. The summed E-state index contributed by atoms with van der Waals surface area (Å²) in [5.41, 5.74) is 2.09. The van der Waals surface area contributed by atoms with Gasteiger partial charge in [-0.3, -0.25) is 4.79 Å². The number of halogens is 1. The highest BCUT2D eigenvalue weighted by Crippen LogP contribution is 2.20. The van der Waals surface area contributed by atoms with Crippen LogP contribution in [0.2, 0.25) is 0 Å². The molecular formula is C18H14BrN3O. The molecule has 3 aromatic rings. The molecule has 0 aliphatic rings. The average molecular weight is 368 g/mol. The Hall–Kier alpha value is -2.66. The van der Waals surface area contributed by atoms with E-state index in [0.29, 0.717) is 11.4 Å². The number of hydrogen-bond acceptors (Lipinski definition) is 3. The van der Waals surface area contributed by atoms with Gasteiger partial charge < -0.3 is 10.6 Å². The predicted octanol–water partition coefficient (Wildman–Crippen LogP) is 4.84. The molecule has 0 atom stereocenters. The lowest BCUT2D eigenvalue weighted by Gasteiger charge is -2.11. The highest BCUT2D eigenvalue weighted by molar-refractivity contribution is 9.10. The molecule has 1 amide bonds. The molecular weight excluding hydrogens is 354 g/mol. The highest BCUT2D eigenvalue weighted by Gasteiger charge is 2.12. The molecule has 3 rings (SSSR count). The van der Waals surface area contributed by atoms with Crippen molar-refractivity contribution in [3.05, 3.63) is 83.0 Å². The molecule has 0 aliphatic carbocycles. The largest absolute Gasteiger partial charge is 0.340 e. The number of nitrogens with zero attached hydrogens (tertiary/aromatic N) is 1. The van der Waals surface area contributed by atoms with E-state index in [1.807, 2.05) is 54.6 Å². The fourth-order valence-corrected chi connectivity index (χ4v) is 2.34. The number of hydrogen-bond donors (Lipinski definition) is 2. The van der Waals surface area contributed by atoms with Crippen LogP contribution in [0.4, 0.5) is 17.2 Å². The van der Waals surface area contributed by atoms with E-state index < -0.39 is 0 Å². The lowest BCUT2D eigenvalue weighted by Crippen LogP contribution is -2.14. The van der Waals surface area contributed by atoms with Gasteiger partial charge in [0.1, 0.15) is 5.82 Å². The number of benzene rings is 2. The Bertz CT molecular complexity index is 804. The summed E-state index contributed by atoms with van der Waals surface area (Å²) >= 11 is 3.37.